The van der Waals surface area contributed by atoms with Crippen molar-refractivity contribution in [2.75, 3.05) is 6.61 Å². The Labute approximate surface area is 174 Å². The first-order valence-corrected chi connectivity index (χ1v) is 10.4. The molecule has 1 aromatic heterocycles. The number of carbonyl (C=O) groups excluding carboxylic acids is 1. The zero-order valence-electron chi connectivity index (χ0n) is 16.7. The van der Waals surface area contributed by atoms with Gasteiger partial charge in [-0.3, -0.25) is 0 Å². The number of carbonyl (C=O) groups is 1. The smallest absolute Gasteiger partial charge is 0.344 e. The largest absolute Gasteiger partial charge is 0.483 e. The van der Waals surface area contributed by atoms with E-state index in [2.05, 4.69) is 24.0 Å². The summed E-state index contributed by atoms with van der Waals surface area (Å²) in [5, 5.41) is 2.82. The zero-order valence-corrected chi connectivity index (χ0v) is 17.5. The monoisotopic (exact) mass is 409 g/mol. The number of hydrogen-bond donors (Lipinski definition) is 0. The molecule has 150 valence electrons. The lowest BCUT2D eigenvalue weighted by Crippen LogP contribution is -2.24. The lowest BCUT2D eigenvalue weighted by Gasteiger charge is -2.18. The van der Waals surface area contributed by atoms with Crippen LogP contribution in [0.4, 0.5) is 0 Å². The summed E-state index contributed by atoms with van der Waals surface area (Å²) in [4.78, 5) is 16.7. The van der Waals surface area contributed by atoms with Crippen LogP contribution in [0.2, 0.25) is 0 Å². The number of thiazole rings is 1. The Morgan fingerprint density at radius 1 is 1.21 bits per heavy atom. The number of hydrogen-bond acceptors (Lipinski definition) is 6. The van der Waals surface area contributed by atoms with Crippen molar-refractivity contribution in [2.45, 2.75) is 39.4 Å². The number of rotatable bonds is 6. The summed E-state index contributed by atoms with van der Waals surface area (Å²) in [6.07, 6.45) is 0.817. The maximum absolute atomic E-state index is 12.1. The molecule has 2 aromatic carbocycles. The van der Waals surface area contributed by atoms with Gasteiger partial charge in [0.1, 0.15) is 17.2 Å². The van der Waals surface area contributed by atoms with Crippen molar-refractivity contribution in [3.8, 4) is 22.1 Å². The summed E-state index contributed by atoms with van der Waals surface area (Å²) in [5.41, 5.74) is 3.82. The van der Waals surface area contributed by atoms with E-state index in [1.54, 1.807) is 0 Å². The molecule has 0 atom stereocenters. The molecule has 0 N–H and O–H groups in total. The van der Waals surface area contributed by atoms with Crippen LogP contribution < -0.4 is 9.47 Å². The maximum atomic E-state index is 12.1. The third kappa shape index (κ3) is 4.59. The van der Waals surface area contributed by atoms with Crippen LogP contribution in [0.15, 0.2) is 47.8 Å². The van der Waals surface area contributed by atoms with Gasteiger partial charge in [-0.1, -0.05) is 42.0 Å². The van der Waals surface area contributed by atoms with Gasteiger partial charge in [-0.05, 0) is 26.8 Å². The molecule has 6 heteroatoms. The molecular formula is C23H23NO4S. The summed E-state index contributed by atoms with van der Waals surface area (Å²) in [5.74, 6) is 0.845. The minimum Gasteiger partial charge on any atom is -0.483 e. The molecule has 0 amide bonds. The van der Waals surface area contributed by atoms with Gasteiger partial charge in [0.05, 0.1) is 5.69 Å². The van der Waals surface area contributed by atoms with E-state index in [9.17, 15) is 4.79 Å². The molecule has 0 unspecified atom stereocenters. The fourth-order valence-corrected chi connectivity index (χ4v) is 4.05. The average molecular weight is 410 g/mol. The second-order valence-electron chi connectivity index (χ2n) is 7.74. The first-order valence-electron chi connectivity index (χ1n) is 9.50. The Bertz CT molecular complexity index is 1020. The molecule has 0 saturated carbocycles. The predicted octanol–water partition coefficient (Wildman–Crippen LogP) is 4.95. The molecule has 1 aliphatic rings. The minimum absolute atomic E-state index is 0.126. The summed E-state index contributed by atoms with van der Waals surface area (Å²) in [6, 6.07) is 13.9. The number of nitrogens with zero attached hydrogens (tertiary/aromatic N) is 1. The molecule has 0 bridgehead atoms. The van der Waals surface area contributed by atoms with E-state index in [1.807, 2.05) is 49.6 Å². The molecule has 0 saturated heterocycles. The minimum atomic E-state index is -0.440. The van der Waals surface area contributed by atoms with E-state index >= 15 is 0 Å². The van der Waals surface area contributed by atoms with Gasteiger partial charge in [0.2, 0.25) is 0 Å². The molecular weight excluding hydrogens is 386 g/mol. The van der Waals surface area contributed by atoms with Crippen LogP contribution in [0.5, 0.6) is 11.5 Å². The molecule has 0 radical (unpaired) electrons. The van der Waals surface area contributed by atoms with Gasteiger partial charge in [-0.15, -0.1) is 11.3 Å². The van der Waals surface area contributed by atoms with E-state index < -0.39 is 5.97 Å². The second-order valence-corrected chi connectivity index (χ2v) is 8.60. The van der Waals surface area contributed by atoms with E-state index in [4.69, 9.17) is 14.2 Å². The van der Waals surface area contributed by atoms with Crippen molar-refractivity contribution in [2.24, 2.45) is 0 Å². The fraction of sp³-hybridized carbons (Fsp3) is 0.304. The van der Waals surface area contributed by atoms with Crippen molar-refractivity contribution in [3.05, 3.63) is 64.7 Å². The summed E-state index contributed by atoms with van der Waals surface area (Å²) in [6.45, 7) is 6.07. The van der Waals surface area contributed by atoms with Gasteiger partial charge >= 0.3 is 5.97 Å². The van der Waals surface area contributed by atoms with Crippen molar-refractivity contribution in [1.82, 2.24) is 4.98 Å². The molecule has 0 fully saturated rings. The number of aryl methyl sites for hydroxylation is 1. The SMILES string of the molecule is Cc1ccc(-c2nc(COC(=O)COc3cccc4c3OC(C)(C)C4)cs2)cc1. The lowest BCUT2D eigenvalue weighted by atomic mass is 10.0. The summed E-state index contributed by atoms with van der Waals surface area (Å²) in [7, 11) is 0. The molecule has 0 spiro atoms. The van der Waals surface area contributed by atoms with Crippen LogP contribution in [0.3, 0.4) is 0 Å². The number of para-hydroxylation sites is 1. The topological polar surface area (TPSA) is 57.7 Å². The van der Waals surface area contributed by atoms with Gasteiger partial charge in [0.15, 0.2) is 18.1 Å². The molecule has 4 rings (SSSR count). The number of fused-ring (bicyclic) bond motifs is 1. The van der Waals surface area contributed by atoms with Gasteiger partial charge < -0.3 is 14.2 Å². The standard InChI is InChI=1S/C23H23NO4S/c1-15-7-9-16(10-8-15)22-24-18(14-29-22)12-27-20(25)13-26-19-6-4-5-17-11-23(2,3)28-21(17)19/h4-10,14H,11-13H2,1-3H3. The Hall–Kier alpha value is -2.86. The predicted molar refractivity (Wildman–Crippen MR) is 112 cm³/mol. The summed E-state index contributed by atoms with van der Waals surface area (Å²) < 4.78 is 16.9. The highest BCUT2D eigenvalue weighted by molar-refractivity contribution is 7.13. The molecule has 29 heavy (non-hydrogen) atoms. The van der Waals surface area contributed by atoms with E-state index in [1.165, 1.54) is 16.9 Å². The van der Waals surface area contributed by atoms with Crippen molar-refractivity contribution in [1.29, 1.82) is 0 Å². The van der Waals surface area contributed by atoms with Gasteiger partial charge in [-0.2, -0.15) is 0 Å². The molecule has 5 nitrogen and oxygen atoms in total. The van der Waals surface area contributed by atoms with Crippen LogP contribution in [0, 0.1) is 6.92 Å². The van der Waals surface area contributed by atoms with Crippen LogP contribution >= 0.6 is 11.3 Å². The van der Waals surface area contributed by atoms with Gasteiger partial charge in [0.25, 0.3) is 0 Å². The molecule has 1 aliphatic heterocycles. The highest BCUT2D eigenvalue weighted by Gasteiger charge is 2.32. The van der Waals surface area contributed by atoms with Gasteiger partial charge in [-0.25, -0.2) is 9.78 Å². The van der Waals surface area contributed by atoms with Crippen LogP contribution in [-0.2, 0) is 22.6 Å². The fourth-order valence-electron chi connectivity index (χ4n) is 3.24. The van der Waals surface area contributed by atoms with Crippen LogP contribution in [-0.4, -0.2) is 23.2 Å². The van der Waals surface area contributed by atoms with Gasteiger partial charge in [0, 0.05) is 22.9 Å². The van der Waals surface area contributed by atoms with Crippen molar-refractivity contribution in [3.63, 3.8) is 0 Å². The Morgan fingerprint density at radius 3 is 2.79 bits per heavy atom. The van der Waals surface area contributed by atoms with Crippen molar-refractivity contribution < 1.29 is 19.0 Å². The van der Waals surface area contributed by atoms with E-state index in [0.29, 0.717) is 11.5 Å². The number of aromatic nitrogens is 1. The Balaban J connectivity index is 1.31. The normalized spacial score (nSPS) is 14.2. The average Bonchev–Trinajstić information content (AvgIpc) is 3.28. The third-order valence-corrected chi connectivity index (χ3v) is 5.57. The number of ether oxygens (including phenoxy) is 3. The molecule has 3 aromatic rings. The zero-order chi connectivity index (χ0) is 20.4. The quantitative estimate of drug-likeness (QED) is 0.539. The Kier molecular flexibility index (Phi) is 5.28. The van der Waals surface area contributed by atoms with Crippen LogP contribution in [0.1, 0.15) is 30.7 Å². The lowest BCUT2D eigenvalue weighted by molar-refractivity contribution is -0.147. The van der Waals surface area contributed by atoms with E-state index in [0.717, 1.165) is 28.2 Å². The maximum Gasteiger partial charge on any atom is 0.344 e. The first kappa shape index (κ1) is 19.5. The first-order chi connectivity index (χ1) is 13.9. The third-order valence-electron chi connectivity index (χ3n) is 4.63. The Morgan fingerprint density at radius 2 is 2.00 bits per heavy atom. The second kappa shape index (κ2) is 7.87. The van der Waals surface area contributed by atoms with E-state index in [-0.39, 0.29) is 18.8 Å². The van der Waals surface area contributed by atoms with Crippen LogP contribution in [0.25, 0.3) is 10.6 Å². The highest BCUT2D eigenvalue weighted by atomic mass is 32.1. The molecule has 0 aliphatic carbocycles. The van der Waals surface area contributed by atoms with Crippen molar-refractivity contribution >= 4 is 17.3 Å². The summed E-state index contributed by atoms with van der Waals surface area (Å²) >= 11 is 1.53. The molecule has 2 heterocycles. The number of esters is 1. The highest BCUT2D eigenvalue weighted by Crippen LogP contribution is 2.41. The number of benzene rings is 2.